The molecule has 1 N–H and O–H groups in total. The Morgan fingerprint density at radius 2 is 2.06 bits per heavy atom. The standard InChI is InChI=1S/C10H10BrNO2S3/c1-7(9-3-2-5-15-9)12-17(13,14)10-8(11)4-6-16-10/h2-7,12H,1H3. The molecule has 2 aromatic heterocycles. The highest BCUT2D eigenvalue weighted by Gasteiger charge is 2.22. The quantitative estimate of drug-likeness (QED) is 0.914. The van der Waals surface area contributed by atoms with E-state index in [4.69, 9.17) is 0 Å². The average Bonchev–Trinajstić information content (AvgIpc) is 2.85. The van der Waals surface area contributed by atoms with Gasteiger partial charge in [-0.3, -0.25) is 0 Å². The predicted octanol–water partition coefficient (Wildman–Crippen LogP) is 3.61. The first kappa shape index (κ1) is 13.2. The van der Waals surface area contributed by atoms with Crippen LogP contribution < -0.4 is 4.72 Å². The van der Waals surface area contributed by atoms with Gasteiger partial charge in [0.15, 0.2) is 0 Å². The summed E-state index contributed by atoms with van der Waals surface area (Å²) in [5, 5.41) is 3.68. The number of sulfonamides is 1. The molecule has 1 unspecified atom stereocenters. The lowest BCUT2D eigenvalue weighted by Crippen LogP contribution is -2.25. The Bertz CT molecular complexity index is 589. The van der Waals surface area contributed by atoms with Crippen molar-refractivity contribution in [1.29, 1.82) is 0 Å². The second-order valence-electron chi connectivity index (χ2n) is 3.41. The molecule has 0 aliphatic rings. The Labute approximate surface area is 117 Å². The number of nitrogens with one attached hydrogen (secondary N) is 1. The van der Waals surface area contributed by atoms with Crippen molar-refractivity contribution in [1.82, 2.24) is 4.72 Å². The fraction of sp³-hybridized carbons (Fsp3) is 0.200. The Morgan fingerprint density at radius 3 is 2.59 bits per heavy atom. The van der Waals surface area contributed by atoms with Gasteiger partial charge in [-0.1, -0.05) is 6.07 Å². The monoisotopic (exact) mass is 351 g/mol. The van der Waals surface area contributed by atoms with Crippen molar-refractivity contribution in [2.24, 2.45) is 0 Å². The maximum absolute atomic E-state index is 12.1. The van der Waals surface area contributed by atoms with Gasteiger partial charge in [-0.15, -0.1) is 22.7 Å². The van der Waals surface area contributed by atoms with Gasteiger partial charge in [-0.25, -0.2) is 13.1 Å². The third-order valence-corrected chi connectivity index (χ3v) is 7.40. The van der Waals surface area contributed by atoms with Crippen molar-refractivity contribution < 1.29 is 8.42 Å². The smallest absolute Gasteiger partial charge is 0.206 e. The highest BCUT2D eigenvalue weighted by Crippen LogP contribution is 2.29. The molecule has 0 spiro atoms. The van der Waals surface area contributed by atoms with E-state index in [1.807, 2.05) is 24.4 Å². The molecule has 0 fully saturated rings. The summed E-state index contributed by atoms with van der Waals surface area (Å²) in [5.74, 6) is 0. The van der Waals surface area contributed by atoms with Crippen LogP contribution in [0.4, 0.5) is 0 Å². The summed E-state index contributed by atoms with van der Waals surface area (Å²) in [6, 6.07) is 5.34. The van der Waals surface area contributed by atoms with E-state index in [1.54, 1.807) is 11.4 Å². The fourth-order valence-corrected chi connectivity index (χ4v) is 5.74. The van der Waals surface area contributed by atoms with Crippen molar-refractivity contribution >= 4 is 48.6 Å². The van der Waals surface area contributed by atoms with Gasteiger partial charge in [0.1, 0.15) is 4.21 Å². The van der Waals surface area contributed by atoms with Crippen LogP contribution in [-0.4, -0.2) is 8.42 Å². The van der Waals surface area contributed by atoms with Gasteiger partial charge < -0.3 is 0 Å². The molecule has 0 amide bonds. The second-order valence-corrected chi connectivity index (χ2v) is 8.07. The summed E-state index contributed by atoms with van der Waals surface area (Å²) in [7, 11) is -3.44. The zero-order valence-corrected chi connectivity index (χ0v) is 12.9. The zero-order chi connectivity index (χ0) is 12.5. The number of thiophene rings is 2. The van der Waals surface area contributed by atoms with Crippen molar-refractivity contribution in [2.45, 2.75) is 17.2 Å². The van der Waals surface area contributed by atoms with Crippen LogP contribution in [0.5, 0.6) is 0 Å². The molecule has 0 bridgehead atoms. The lowest BCUT2D eigenvalue weighted by Gasteiger charge is -2.11. The van der Waals surface area contributed by atoms with Gasteiger partial charge in [0.05, 0.1) is 6.04 Å². The van der Waals surface area contributed by atoms with Crippen LogP contribution in [0.2, 0.25) is 0 Å². The molecule has 17 heavy (non-hydrogen) atoms. The lowest BCUT2D eigenvalue weighted by atomic mass is 10.3. The van der Waals surface area contributed by atoms with Crippen LogP contribution in [0, 0.1) is 0 Å². The molecule has 0 aliphatic heterocycles. The highest BCUT2D eigenvalue weighted by molar-refractivity contribution is 9.10. The van der Waals surface area contributed by atoms with Crippen LogP contribution in [0.25, 0.3) is 0 Å². The second kappa shape index (κ2) is 5.19. The van der Waals surface area contributed by atoms with Gasteiger partial charge in [-0.05, 0) is 45.7 Å². The molecule has 7 heteroatoms. The van der Waals surface area contributed by atoms with E-state index in [0.717, 1.165) is 4.88 Å². The molecule has 0 aliphatic carbocycles. The summed E-state index contributed by atoms with van der Waals surface area (Å²) < 4.78 is 27.8. The van der Waals surface area contributed by atoms with E-state index >= 15 is 0 Å². The number of hydrogen-bond donors (Lipinski definition) is 1. The molecule has 0 radical (unpaired) electrons. The summed E-state index contributed by atoms with van der Waals surface area (Å²) >= 11 is 5.97. The summed E-state index contributed by atoms with van der Waals surface area (Å²) in [4.78, 5) is 1.00. The van der Waals surface area contributed by atoms with Gasteiger partial charge in [-0.2, -0.15) is 0 Å². The molecule has 0 aromatic carbocycles. The van der Waals surface area contributed by atoms with Gasteiger partial charge in [0.2, 0.25) is 0 Å². The van der Waals surface area contributed by atoms with Crippen molar-refractivity contribution in [2.75, 3.05) is 0 Å². The molecule has 2 rings (SSSR count). The molecule has 0 saturated heterocycles. The third-order valence-electron chi connectivity index (χ3n) is 2.13. The minimum atomic E-state index is -3.44. The molecule has 92 valence electrons. The van der Waals surface area contributed by atoms with E-state index in [9.17, 15) is 8.42 Å². The van der Waals surface area contributed by atoms with E-state index in [-0.39, 0.29) is 6.04 Å². The zero-order valence-electron chi connectivity index (χ0n) is 8.88. The van der Waals surface area contributed by atoms with E-state index in [1.165, 1.54) is 22.7 Å². The maximum Gasteiger partial charge on any atom is 0.251 e. The molecule has 2 heterocycles. The molecule has 0 saturated carbocycles. The first-order valence-electron chi connectivity index (χ1n) is 4.79. The van der Waals surface area contributed by atoms with Crippen LogP contribution in [0.3, 0.4) is 0 Å². The minimum absolute atomic E-state index is 0.214. The molecule has 3 nitrogen and oxygen atoms in total. The number of rotatable bonds is 4. The number of hydrogen-bond acceptors (Lipinski definition) is 4. The van der Waals surface area contributed by atoms with Crippen LogP contribution in [0.15, 0.2) is 37.6 Å². The predicted molar refractivity (Wildman–Crippen MR) is 75.1 cm³/mol. The normalized spacial score (nSPS) is 13.8. The van der Waals surface area contributed by atoms with E-state index in [2.05, 4.69) is 20.7 Å². The van der Waals surface area contributed by atoms with Crippen LogP contribution >= 0.6 is 38.6 Å². The molecule has 2 aromatic rings. The molecular formula is C10H10BrNO2S3. The summed E-state index contributed by atoms with van der Waals surface area (Å²) in [6.45, 7) is 1.84. The van der Waals surface area contributed by atoms with E-state index < -0.39 is 10.0 Å². The van der Waals surface area contributed by atoms with Crippen LogP contribution in [-0.2, 0) is 10.0 Å². The van der Waals surface area contributed by atoms with Crippen molar-refractivity contribution in [3.8, 4) is 0 Å². The molecular weight excluding hydrogens is 342 g/mol. The Hall–Kier alpha value is -0.210. The van der Waals surface area contributed by atoms with Gasteiger partial charge >= 0.3 is 0 Å². The Kier molecular flexibility index (Phi) is 4.04. The Morgan fingerprint density at radius 1 is 1.29 bits per heavy atom. The largest absolute Gasteiger partial charge is 0.251 e. The number of halogens is 1. The van der Waals surface area contributed by atoms with Crippen LogP contribution in [0.1, 0.15) is 17.8 Å². The Balaban J connectivity index is 2.22. The molecule has 1 atom stereocenters. The fourth-order valence-electron chi connectivity index (χ4n) is 1.35. The van der Waals surface area contributed by atoms with Gasteiger partial charge in [0, 0.05) is 9.35 Å². The first-order chi connectivity index (χ1) is 8.00. The van der Waals surface area contributed by atoms with Crippen molar-refractivity contribution in [3.63, 3.8) is 0 Å². The van der Waals surface area contributed by atoms with Crippen molar-refractivity contribution in [3.05, 3.63) is 38.3 Å². The van der Waals surface area contributed by atoms with Gasteiger partial charge in [0.25, 0.3) is 10.0 Å². The summed E-state index contributed by atoms with van der Waals surface area (Å²) in [5.41, 5.74) is 0. The maximum atomic E-state index is 12.1. The summed E-state index contributed by atoms with van der Waals surface area (Å²) in [6.07, 6.45) is 0. The lowest BCUT2D eigenvalue weighted by molar-refractivity contribution is 0.570. The highest BCUT2D eigenvalue weighted by atomic mass is 79.9. The average molecular weight is 352 g/mol. The SMILES string of the molecule is CC(NS(=O)(=O)c1sccc1Br)c1cccs1. The topological polar surface area (TPSA) is 46.2 Å². The minimum Gasteiger partial charge on any atom is -0.206 e. The van der Waals surface area contributed by atoms with E-state index in [0.29, 0.717) is 8.68 Å². The first-order valence-corrected chi connectivity index (χ1v) is 8.83. The third kappa shape index (κ3) is 2.97.